The predicted molar refractivity (Wildman–Crippen MR) is 80.3 cm³/mol. The molecule has 0 aliphatic rings. The summed E-state index contributed by atoms with van der Waals surface area (Å²) in [6, 6.07) is 2.34. The van der Waals surface area contributed by atoms with Gasteiger partial charge < -0.3 is 9.73 Å². The minimum Gasteiger partial charge on any atom is -0.466 e. The van der Waals surface area contributed by atoms with Crippen LogP contribution in [0.5, 0.6) is 0 Å². The van der Waals surface area contributed by atoms with Gasteiger partial charge in [0.05, 0.1) is 6.04 Å². The minimum absolute atomic E-state index is 0.211. The maximum atomic E-state index is 5.66. The highest BCUT2D eigenvalue weighted by Gasteiger charge is 2.21. The van der Waals surface area contributed by atoms with E-state index in [4.69, 9.17) is 4.42 Å². The Morgan fingerprint density at radius 3 is 2.61 bits per heavy atom. The average molecular weight is 328 g/mol. The van der Waals surface area contributed by atoms with Crippen LogP contribution in [0.4, 0.5) is 0 Å². The fraction of sp³-hybridized carbons (Fsp3) is 0.429. The van der Waals surface area contributed by atoms with Crippen LogP contribution in [0.15, 0.2) is 25.7 Å². The van der Waals surface area contributed by atoms with E-state index in [9.17, 15) is 0 Å². The Kier molecular flexibility index (Phi) is 4.65. The quantitative estimate of drug-likeness (QED) is 0.852. The van der Waals surface area contributed by atoms with Gasteiger partial charge in [0, 0.05) is 15.4 Å². The van der Waals surface area contributed by atoms with E-state index < -0.39 is 0 Å². The molecule has 18 heavy (non-hydrogen) atoms. The number of furan rings is 1. The van der Waals surface area contributed by atoms with Crippen molar-refractivity contribution >= 4 is 27.3 Å². The maximum absolute atomic E-state index is 5.66. The molecule has 1 unspecified atom stereocenters. The molecule has 0 spiro atoms. The third-order valence-electron chi connectivity index (χ3n) is 2.94. The molecule has 0 aromatic carbocycles. The summed E-state index contributed by atoms with van der Waals surface area (Å²) in [6.45, 7) is 7.20. The number of thiophene rings is 1. The van der Waals surface area contributed by atoms with Crippen LogP contribution in [0, 0.1) is 13.8 Å². The van der Waals surface area contributed by atoms with Gasteiger partial charge in [0.2, 0.25) is 0 Å². The first-order valence-electron chi connectivity index (χ1n) is 6.15. The first-order valence-corrected chi connectivity index (χ1v) is 7.89. The highest BCUT2D eigenvalue weighted by atomic mass is 79.9. The van der Waals surface area contributed by atoms with Gasteiger partial charge in [0.1, 0.15) is 11.5 Å². The molecule has 0 bridgehead atoms. The van der Waals surface area contributed by atoms with Crippen molar-refractivity contribution in [2.75, 3.05) is 6.54 Å². The summed E-state index contributed by atoms with van der Waals surface area (Å²) in [7, 11) is 0. The number of hydrogen-bond acceptors (Lipinski definition) is 3. The molecule has 98 valence electrons. The molecule has 2 rings (SSSR count). The summed E-state index contributed by atoms with van der Waals surface area (Å²) in [4.78, 5) is 0. The first-order chi connectivity index (χ1) is 8.63. The summed E-state index contributed by atoms with van der Waals surface area (Å²) in [5.41, 5.74) is 2.53. The van der Waals surface area contributed by atoms with Crippen molar-refractivity contribution in [1.82, 2.24) is 5.32 Å². The molecular formula is C14H18BrNOS. The zero-order valence-electron chi connectivity index (χ0n) is 10.9. The van der Waals surface area contributed by atoms with Crippen LogP contribution >= 0.6 is 27.3 Å². The van der Waals surface area contributed by atoms with E-state index in [1.165, 1.54) is 15.6 Å². The van der Waals surface area contributed by atoms with E-state index in [1.807, 2.05) is 13.8 Å². The maximum Gasteiger partial charge on any atom is 0.106 e. The van der Waals surface area contributed by atoms with Crippen molar-refractivity contribution in [2.24, 2.45) is 0 Å². The van der Waals surface area contributed by atoms with Gasteiger partial charge in [-0.2, -0.15) is 11.3 Å². The summed E-state index contributed by atoms with van der Waals surface area (Å²) in [6.07, 6.45) is 1.12. The molecule has 0 radical (unpaired) electrons. The Hall–Kier alpha value is -0.580. The van der Waals surface area contributed by atoms with E-state index >= 15 is 0 Å². The van der Waals surface area contributed by atoms with E-state index in [-0.39, 0.29) is 6.04 Å². The van der Waals surface area contributed by atoms with Gasteiger partial charge in [-0.3, -0.25) is 0 Å². The van der Waals surface area contributed by atoms with Crippen LogP contribution in [0.25, 0.3) is 0 Å². The molecule has 0 aliphatic heterocycles. The molecule has 2 aromatic rings. The van der Waals surface area contributed by atoms with Gasteiger partial charge in [0.15, 0.2) is 0 Å². The Morgan fingerprint density at radius 2 is 2.11 bits per heavy atom. The van der Waals surface area contributed by atoms with Crippen molar-refractivity contribution in [3.05, 3.63) is 43.9 Å². The first kappa shape index (κ1) is 13.8. The molecule has 2 nitrogen and oxygen atoms in total. The lowest BCUT2D eigenvalue weighted by Gasteiger charge is -2.18. The molecule has 0 saturated carbocycles. The second-order valence-corrected chi connectivity index (χ2v) is 6.03. The van der Waals surface area contributed by atoms with Gasteiger partial charge in [-0.15, -0.1) is 0 Å². The van der Waals surface area contributed by atoms with Gasteiger partial charge >= 0.3 is 0 Å². The number of rotatable bonds is 5. The lowest BCUT2D eigenvalue weighted by Crippen LogP contribution is -2.23. The van der Waals surface area contributed by atoms with Crippen LogP contribution in [0.3, 0.4) is 0 Å². The molecule has 2 heterocycles. The molecule has 0 fully saturated rings. The van der Waals surface area contributed by atoms with E-state index in [0.717, 1.165) is 24.5 Å². The molecule has 0 aliphatic carbocycles. The summed E-state index contributed by atoms with van der Waals surface area (Å²) >= 11 is 5.35. The molecule has 0 saturated heterocycles. The van der Waals surface area contributed by atoms with E-state index in [1.54, 1.807) is 11.3 Å². The normalized spacial score (nSPS) is 12.9. The standard InChI is InChI=1S/C14H18BrNOS/c1-4-5-16-14(12-7-18-8-13(12)15)11-6-9(2)17-10(11)3/h6-8,14,16H,4-5H2,1-3H3. The number of nitrogens with one attached hydrogen (secondary N) is 1. The van der Waals surface area contributed by atoms with Crippen LogP contribution < -0.4 is 5.32 Å². The molecule has 2 aromatic heterocycles. The fourth-order valence-corrected chi connectivity index (χ4v) is 3.66. The highest BCUT2D eigenvalue weighted by Crippen LogP contribution is 2.34. The van der Waals surface area contributed by atoms with Crippen molar-refractivity contribution in [1.29, 1.82) is 0 Å². The molecule has 1 N–H and O–H groups in total. The van der Waals surface area contributed by atoms with Gasteiger partial charge in [-0.1, -0.05) is 6.92 Å². The van der Waals surface area contributed by atoms with Crippen molar-refractivity contribution in [2.45, 2.75) is 33.2 Å². The average Bonchev–Trinajstić information content (AvgIpc) is 2.87. The van der Waals surface area contributed by atoms with Crippen molar-refractivity contribution < 1.29 is 4.42 Å². The number of aryl methyl sites for hydroxylation is 2. The van der Waals surface area contributed by atoms with Gasteiger partial charge in [-0.25, -0.2) is 0 Å². The second-order valence-electron chi connectivity index (χ2n) is 4.43. The number of halogens is 1. The van der Waals surface area contributed by atoms with Crippen LogP contribution in [0.1, 0.15) is 42.0 Å². The van der Waals surface area contributed by atoms with Crippen LogP contribution in [0.2, 0.25) is 0 Å². The van der Waals surface area contributed by atoms with E-state index in [0.29, 0.717) is 0 Å². The van der Waals surface area contributed by atoms with Gasteiger partial charge in [0.25, 0.3) is 0 Å². The molecule has 1 atom stereocenters. The second kappa shape index (κ2) is 6.04. The minimum atomic E-state index is 0.211. The highest BCUT2D eigenvalue weighted by molar-refractivity contribution is 9.10. The SMILES string of the molecule is CCCNC(c1cscc1Br)c1cc(C)oc1C. The van der Waals surface area contributed by atoms with Crippen molar-refractivity contribution in [3.8, 4) is 0 Å². The van der Waals surface area contributed by atoms with E-state index in [2.05, 4.69) is 45.0 Å². The lowest BCUT2D eigenvalue weighted by molar-refractivity contribution is 0.493. The van der Waals surface area contributed by atoms with Crippen molar-refractivity contribution in [3.63, 3.8) is 0 Å². The Balaban J connectivity index is 2.37. The Morgan fingerprint density at radius 1 is 1.33 bits per heavy atom. The van der Waals surface area contributed by atoms with Crippen LogP contribution in [-0.4, -0.2) is 6.54 Å². The van der Waals surface area contributed by atoms with Crippen LogP contribution in [-0.2, 0) is 0 Å². The Labute approximate surface area is 121 Å². The largest absolute Gasteiger partial charge is 0.466 e. The summed E-state index contributed by atoms with van der Waals surface area (Å²) in [5.74, 6) is 1.97. The fourth-order valence-electron chi connectivity index (χ4n) is 2.11. The summed E-state index contributed by atoms with van der Waals surface area (Å²) in [5, 5.41) is 7.92. The third kappa shape index (κ3) is 2.87. The zero-order chi connectivity index (χ0) is 13.1. The topological polar surface area (TPSA) is 25.2 Å². The third-order valence-corrected chi connectivity index (χ3v) is 4.69. The molecule has 4 heteroatoms. The predicted octanol–water partition coefficient (Wildman–Crippen LogP) is 4.81. The smallest absolute Gasteiger partial charge is 0.106 e. The van der Waals surface area contributed by atoms with Gasteiger partial charge in [-0.05, 0) is 59.8 Å². The summed E-state index contributed by atoms with van der Waals surface area (Å²) < 4.78 is 6.83. The lowest BCUT2D eigenvalue weighted by atomic mass is 10.0. The Bertz CT molecular complexity index is 518. The monoisotopic (exact) mass is 327 g/mol. The molecular weight excluding hydrogens is 310 g/mol. The zero-order valence-corrected chi connectivity index (χ0v) is 13.3. The number of hydrogen-bond donors (Lipinski definition) is 1. The molecule has 0 amide bonds.